The lowest BCUT2D eigenvalue weighted by Crippen LogP contribution is -2.28. The van der Waals surface area contributed by atoms with Gasteiger partial charge in [0.25, 0.3) is 0 Å². The van der Waals surface area contributed by atoms with Gasteiger partial charge in [-0.05, 0) is 72.3 Å². The summed E-state index contributed by atoms with van der Waals surface area (Å²) in [5.41, 5.74) is 1.08. The number of nitrogens with one attached hydrogen (secondary N) is 1. The van der Waals surface area contributed by atoms with Crippen LogP contribution in [0.15, 0.2) is 18.2 Å². The molecule has 0 spiro atoms. The van der Waals surface area contributed by atoms with Crippen LogP contribution in [0.2, 0.25) is 10.0 Å². The second-order valence-electron chi connectivity index (χ2n) is 5.73. The zero-order valence-corrected chi connectivity index (χ0v) is 15.0. The Morgan fingerprint density at radius 3 is 2.43 bits per heavy atom. The molecule has 3 nitrogen and oxygen atoms in total. The molecule has 0 radical (unpaired) electrons. The van der Waals surface area contributed by atoms with E-state index >= 15 is 0 Å². The summed E-state index contributed by atoms with van der Waals surface area (Å²) in [6.45, 7) is 3.26. The molecule has 0 aromatic heterocycles. The van der Waals surface area contributed by atoms with Gasteiger partial charge >= 0.3 is 0 Å². The molecule has 1 unspecified atom stereocenters. The molecule has 0 fully saturated rings. The Morgan fingerprint density at radius 1 is 1.10 bits per heavy atom. The standard InChI is InChI=1S/C16H27Cl2N3/c1-19-15(13-7-5-8-14(17)16(13)18)9-12-21(4)11-6-10-20(2)3/h5,7-8,15,19H,6,9-12H2,1-4H3. The maximum atomic E-state index is 6.31. The molecule has 0 saturated carbocycles. The summed E-state index contributed by atoms with van der Waals surface area (Å²) in [6, 6.07) is 6.05. The van der Waals surface area contributed by atoms with Crippen LogP contribution in [-0.4, -0.2) is 57.6 Å². The summed E-state index contributed by atoms with van der Waals surface area (Å²) in [5, 5.41) is 4.62. The third-order valence-electron chi connectivity index (χ3n) is 3.65. The summed E-state index contributed by atoms with van der Waals surface area (Å²) < 4.78 is 0. The minimum atomic E-state index is 0.229. The average Bonchev–Trinajstić information content (AvgIpc) is 2.43. The van der Waals surface area contributed by atoms with Gasteiger partial charge in [0.1, 0.15) is 0 Å². The van der Waals surface area contributed by atoms with Gasteiger partial charge in [-0.3, -0.25) is 0 Å². The molecule has 0 heterocycles. The van der Waals surface area contributed by atoms with Crippen LogP contribution >= 0.6 is 23.2 Å². The Labute approximate surface area is 139 Å². The van der Waals surface area contributed by atoms with Crippen molar-refractivity contribution >= 4 is 23.2 Å². The van der Waals surface area contributed by atoms with E-state index in [1.807, 2.05) is 25.2 Å². The van der Waals surface area contributed by atoms with E-state index in [2.05, 4.69) is 36.3 Å². The Bertz CT molecular complexity index is 424. The highest BCUT2D eigenvalue weighted by molar-refractivity contribution is 6.42. The van der Waals surface area contributed by atoms with E-state index in [9.17, 15) is 0 Å². The lowest BCUT2D eigenvalue weighted by molar-refractivity contribution is 0.286. The Kier molecular flexibility index (Phi) is 8.60. The number of rotatable bonds is 9. The highest BCUT2D eigenvalue weighted by atomic mass is 35.5. The molecule has 0 aliphatic carbocycles. The van der Waals surface area contributed by atoms with Crippen LogP contribution in [0.4, 0.5) is 0 Å². The predicted octanol–water partition coefficient (Wildman–Crippen LogP) is 3.53. The third-order valence-corrected chi connectivity index (χ3v) is 4.48. The molecule has 1 rings (SSSR count). The van der Waals surface area contributed by atoms with E-state index in [4.69, 9.17) is 23.2 Å². The van der Waals surface area contributed by atoms with Gasteiger partial charge in [-0.2, -0.15) is 0 Å². The van der Waals surface area contributed by atoms with Gasteiger partial charge in [-0.1, -0.05) is 35.3 Å². The number of nitrogens with zero attached hydrogens (tertiary/aromatic N) is 2. The first-order valence-electron chi connectivity index (χ1n) is 7.40. The lowest BCUT2D eigenvalue weighted by Gasteiger charge is -2.23. The van der Waals surface area contributed by atoms with Crippen molar-refractivity contribution in [3.63, 3.8) is 0 Å². The van der Waals surface area contributed by atoms with E-state index in [1.54, 1.807) is 0 Å². The van der Waals surface area contributed by atoms with E-state index in [0.717, 1.165) is 31.6 Å². The van der Waals surface area contributed by atoms with Gasteiger partial charge in [0.2, 0.25) is 0 Å². The molecule has 1 aromatic carbocycles. The fraction of sp³-hybridized carbons (Fsp3) is 0.625. The van der Waals surface area contributed by atoms with Gasteiger partial charge in [0, 0.05) is 6.04 Å². The molecule has 21 heavy (non-hydrogen) atoms. The van der Waals surface area contributed by atoms with Crippen LogP contribution in [0, 0.1) is 0 Å². The van der Waals surface area contributed by atoms with Crippen molar-refractivity contribution < 1.29 is 0 Å². The Hall–Kier alpha value is -0.320. The largest absolute Gasteiger partial charge is 0.313 e. The number of benzene rings is 1. The zero-order valence-electron chi connectivity index (χ0n) is 13.5. The molecule has 0 aliphatic rings. The summed E-state index contributed by atoms with van der Waals surface area (Å²) in [6.07, 6.45) is 2.20. The van der Waals surface area contributed by atoms with Crippen molar-refractivity contribution in [3.05, 3.63) is 33.8 Å². The smallest absolute Gasteiger partial charge is 0.0640 e. The van der Waals surface area contributed by atoms with E-state index in [-0.39, 0.29) is 6.04 Å². The molecule has 5 heteroatoms. The predicted molar refractivity (Wildman–Crippen MR) is 93.5 cm³/mol. The number of hydrogen-bond acceptors (Lipinski definition) is 3. The fourth-order valence-corrected chi connectivity index (χ4v) is 2.80. The first-order chi connectivity index (χ1) is 9.95. The van der Waals surface area contributed by atoms with Crippen molar-refractivity contribution in [3.8, 4) is 0 Å². The SMILES string of the molecule is CNC(CCN(C)CCCN(C)C)c1cccc(Cl)c1Cl. The molecular formula is C16H27Cl2N3. The summed E-state index contributed by atoms with van der Waals surface area (Å²) in [5.74, 6) is 0. The first-order valence-corrected chi connectivity index (χ1v) is 8.15. The summed E-state index contributed by atoms with van der Waals surface area (Å²) in [7, 11) is 8.35. The van der Waals surface area contributed by atoms with Crippen LogP contribution in [0.5, 0.6) is 0 Å². The van der Waals surface area contributed by atoms with E-state index in [0.29, 0.717) is 10.0 Å². The highest BCUT2D eigenvalue weighted by Crippen LogP contribution is 2.31. The van der Waals surface area contributed by atoms with Gasteiger partial charge in [0.15, 0.2) is 0 Å². The van der Waals surface area contributed by atoms with Gasteiger partial charge in [-0.25, -0.2) is 0 Å². The second-order valence-corrected chi connectivity index (χ2v) is 6.52. The molecule has 1 atom stereocenters. The second kappa shape index (κ2) is 9.65. The average molecular weight is 332 g/mol. The minimum absolute atomic E-state index is 0.229. The topological polar surface area (TPSA) is 18.5 Å². The molecule has 1 N–H and O–H groups in total. The highest BCUT2D eigenvalue weighted by Gasteiger charge is 2.15. The van der Waals surface area contributed by atoms with Gasteiger partial charge in [0.05, 0.1) is 10.0 Å². The van der Waals surface area contributed by atoms with E-state index in [1.165, 1.54) is 6.42 Å². The monoisotopic (exact) mass is 331 g/mol. The molecule has 0 saturated heterocycles. The van der Waals surface area contributed by atoms with Crippen molar-refractivity contribution in [1.82, 2.24) is 15.1 Å². The van der Waals surface area contributed by atoms with Gasteiger partial charge in [-0.15, -0.1) is 0 Å². The Balaban J connectivity index is 2.49. The van der Waals surface area contributed by atoms with Crippen molar-refractivity contribution in [2.24, 2.45) is 0 Å². The molecular weight excluding hydrogens is 305 g/mol. The Morgan fingerprint density at radius 2 is 1.81 bits per heavy atom. The maximum Gasteiger partial charge on any atom is 0.0640 e. The normalized spacial score (nSPS) is 13.1. The minimum Gasteiger partial charge on any atom is -0.313 e. The van der Waals surface area contributed by atoms with Crippen LogP contribution in [0.25, 0.3) is 0 Å². The quantitative estimate of drug-likeness (QED) is 0.746. The lowest BCUT2D eigenvalue weighted by atomic mass is 10.0. The first kappa shape index (κ1) is 18.7. The summed E-state index contributed by atoms with van der Waals surface area (Å²) >= 11 is 12.4. The molecule has 1 aromatic rings. The maximum absolute atomic E-state index is 6.31. The number of hydrogen-bond donors (Lipinski definition) is 1. The van der Waals surface area contributed by atoms with Crippen LogP contribution in [0.1, 0.15) is 24.4 Å². The molecule has 0 bridgehead atoms. The van der Waals surface area contributed by atoms with E-state index < -0.39 is 0 Å². The van der Waals surface area contributed by atoms with Crippen molar-refractivity contribution in [2.75, 3.05) is 47.8 Å². The third kappa shape index (κ3) is 6.54. The summed E-state index contributed by atoms with van der Waals surface area (Å²) in [4.78, 5) is 4.59. The van der Waals surface area contributed by atoms with Crippen molar-refractivity contribution in [1.29, 1.82) is 0 Å². The van der Waals surface area contributed by atoms with Crippen molar-refractivity contribution in [2.45, 2.75) is 18.9 Å². The molecule has 0 amide bonds. The molecule has 120 valence electrons. The number of halogens is 2. The van der Waals surface area contributed by atoms with Crippen LogP contribution in [0.3, 0.4) is 0 Å². The fourth-order valence-electron chi connectivity index (χ4n) is 2.36. The van der Waals surface area contributed by atoms with Crippen LogP contribution in [-0.2, 0) is 0 Å². The van der Waals surface area contributed by atoms with Crippen LogP contribution < -0.4 is 5.32 Å². The van der Waals surface area contributed by atoms with Gasteiger partial charge < -0.3 is 15.1 Å². The zero-order chi connectivity index (χ0) is 15.8. The molecule has 0 aliphatic heterocycles.